The molecule has 6 nitrogen and oxygen atoms in total. The minimum absolute atomic E-state index is 0.0973. The van der Waals surface area contributed by atoms with Crippen LogP contribution in [0.4, 0.5) is 0 Å². The summed E-state index contributed by atoms with van der Waals surface area (Å²) in [4.78, 5) is 12.0. The molecule has 1 aromatic carbocycles. The number of para-hydroxylation sites is 1. The molecule has 21 heavy (non-hydrogen) atoms. The molecule has 1 aromatic heterocycles. The average molecular weight is 304 g/mol. The summed E-state index contributed by atoms with van der Waals surface area (Å²) < 4.78 is 7.13. The second-order valence-electron chi connectivity index (χ2n) is 4.45. The molecule has 0 fully saturated rings. The van der Waals surface area contributed by atoms with E-state index in [0.717, 1.165) is 5.56 Å². The van der Waals surface area contributed by atoms with Crippen LogP contribution in [0.15, 0.2) is 36.7 Å². The van der Waals surface area contributed by atoms with Gasteiger partial charge in [-0.05, 0) is 12.1 Å². The summed E-state index contributed by atoms with van der Waals surface area (Å²) in [7, 11) is 1.82. The molecular formula is C14H16N4O2S. The molecule has 0 radical (unpaired) electrons. The lowest BCUT2D eigenvalue weighted by Crippen LogP contribution is -2.28. The number of aryl methyl sites for hydroxylation is 1. The molecule has 2 rings (SSSR count). The Morgan fingerprint density at radius 1 is 1.48 bits per heavy atom. The summed E-state index contributed by atoms with van der Waals surface area (Å²) in [5, 5.41) is 6.77. The van der Waals surface area contributed by atoms with Crippen molar-refractivity contribution in [2.75, 3.05) is 6.61 Å². The first-order valence-corrected chi connectivity index (χ1v) is 6.73. The number of amides is 1. The van der Waals surface area contributed by atoms with Crippen LogP contribution >= 0.6 is 12.2 Å². The highest BCUT2D eigenvalue weighted by Gasteiger charge is 2.08. The predicted octanol–water partition coefficient (Wildman–Crippen LogP) is 0.749. The SMILES string of the molecule is Cn1cc(CNC(=O)COc2ccccc2C(N)=S)cn1. The fourth-order valence-electron chi connectivity index (χ4n) is 1.75. The molecule has 0 unspecified atom stereocenters. The third-order valence-corrected chi connectivity index (χ3v) is 2.98. The normalized spacial score (nSPS) is 10.1. The van der Waals surface area contributed by atoms with E-state index in [4.69, 9.17) is 22.7 Å². The maximum absolute atomic E-state index is 11.8. The minimum Gasteiger partial charge on any atom is -0.483 e. The molecular weight excluding hydrogens is 288 g/mol. The van der Waals surface area contributed by atoms with Gasteiger partial charge in [0.15, 0.2) is 6.61 Å². The fraction of sp³-hybridized carbons (Fsp3) is 0.214. The smallest absolute Gasteiger partial charge is 0.258 e. The Balaban J connectivity index is 1.85. The molecule has 0 saturated carbocycles. The lowest BCUT2D eigenvalue weighted by molar-refractivity contribution is -0.123. The van der Waals surface area contributed by atoms with Crippen LogP contribution in [0.3, 0.4) is 0 Å². The number of hydrogen-bond donors (Lipinski definition) is 2. The predicted molar refractivity (Wildman–Crippen MR) is 82.9 cm³/mol. The molecule has 1 amide bonds. The number of nitrogens with zero attached hydrogens (tertiary/aromatic N) is 2. The third-order valence-electron chi connectivity index (χ3n) is 2.76. The zero-order valence-electron chi connectivity index (χ0n) is 11.6. The van der Waals surface area contributed by atoms with Crippen molar-refractivity contribution in [3.8, 4) is 5.75 Å². The van der Waals surface area contributed by atoms with E-state index < -0.39 is 0 Å². The van der Waals surface area contributed by atoms with Crippen molar-refractivity contribution in [1.82, 2.24) is 15.1 Å². The van der Waals surface area contributed by atoms with Crippen LogP contribution in [-0.2, 0) is 18.4 Å². The molecule has 0 spiro atoms. The number of aromatic nitrogens is 2. The summed E-state index contributed by atoms with van der Waals surface area (Å²) in [5.74, 6) is 0.276. The first-order valence-electron chi connectivity index (χ1n) is 6.32. The van der Waals surface area contributed by atoms with Crippen LogP contribution in [0.5, 0.6) is 5.75 Å². The molecule has 2 aromatic rings. The number of carbonyl (C=O) groups is 1. The average Bonchev–Trinajstić information content (AvgIpc) is 2.88. The highest BCUT2D eigenvalue weighted by atomic mass is 32.1. The quantitative estimate of drug-likeness (QED) is 0.770. The molecule has 0 atom stereocenters. The van der Waals surface area contributed by atoms with E-state index in [0.29, 0.717) is 17.9 Å². The molecule has 0 aliphatic rings. The number of nitrogens with one attached hydrogen (secondary N) is 1. The summed E-state index contributed by atoms with van der Waals surface area (Å²) in [6, 6.07) is 7.09. The first-order chi connectivity index (χ1) is 10.1. The largest absolute Gasteiger partial charge is 0.483 e. The standard InChI is InChI=1S/C14H16N4O2S/c1-18-8-10(7-17-18)6-16-13(19)9-20-12-5-3-2-4-11(12)14(15)21/h2-5,7-8H,6,9H2,1H3,(H2,15,21)(H,16,19). The summed E-state index contributed by atoms with van der Waals surface area (Å²) in [6.45, 7) is 0.312. The van der Waals surface area contributed by atoms with Crippen molar-refractivity contribution in [1.29, 1.82) is 0 Å². The van der Waals surface area contributed by atoms with Gasteiger partial charge in [0.1, 0.15) is 10.7 Å². The van der Waals surface area contributed by atoms with Gasteiger partial charge in [0.05, 0.1) is 11.8 Å². The van der Waals surface area contributed by atoms with E-state index in [9.17, 15) is 4.79 Å². The van der Waals surface area contributed by atoms with Gasteiger partial charge in [-0.2, -0.15) is 5.10 Å². The van der Waals surface area contributed by atoms with E-state index in [-0.39, 0.29) is 17.5 Å². The Kier molecular flexibility index (Phi) is 4.89. The topological polar surface area (TPSA) is 82.2 Å². The maximum Gasteiger partial charge on any atom is 0.258 e. The lowest BCUT2D eigenvalue weighted by Gasteiger charge is -2.10. The Morgan fingerprint density at radius 2 is 2.24 bits per heavy atom. The molecule has 0 aliphatic heterocycles. The number of benzene rings is 1. The maximum atomic E-state index is 11.8. The van der Waals surface area contributed by atoms with Crippen LogP contribution in [0.25, 0.3) is 0 Å². The van der Waals surface area contributed by atoms with Crippen LogP contribution < -0.4 is 15.8 Å². The molecule has 0 saturated heterocycles. The third kappa shape index (κ3) is 4.28. The summed E-state index contributed by atoms with van der Waals surface area (Å²) in [5.41, 5.74) is 7.14. The second kappa shape index (κ2) is 6.85. The van der Waals surface area contributed by atoms with Gasteiger partial charge in [-0.15, -0.1) is 0 Å². The van der Waals surface area contributed by atoms with Crippen molar-refractivity contribution in [2.24, 2.45) is 12.8 Å². The van der Waals surface area contributed by atoms with Gasteiger partial charge < -0.3 is 15.8 Å². The van der Waals surface area contributed by atoms with Gasteiger partial charge in [0, 0.05) is 25.4 Å². The van der Waals surface area contributed by atoms with Gasteiger partial charge in [-0.3, -0.25) is 9.48 Å². The van der Waals surface area contributed by atoms with Crippen molar-refractivity contribution in [2.45, 2.75) is 6.54 Å². The number of nitrogens with two attached hydrogens (primary N) is 1. The Hall–Kier alpha value is -2.41. The number of carbonyl (C=O) groups excluding carboxylic acids is 1. The lowest BCUT2D eigenvalue weighted by atomic mass is 10.2. The Morgan fingerprint density at radius 3 is 2.90 bits per heavy atom. The molecule has 1 heterocycles. The van der Waals surface area contributed by atoms with E-state index >= 15 is 0 Å². The summed E-state index contributed by atoms with van der Waals surface area (Å²) in [6.07, 6.45) is 3.53. The molecule has 0 bridgehead atoms. The van der Waals surface area contributed by atoms with Gasteiger partial charge in [-0.1, -0.05) is 24.4 Å². The van der Waals surface area contributed by atoms with Crippen LogP contribution in [0, 0.1) is 0 Å². The van der Waals surface area contributed by atoms with Crippen molar-refractivity contribution >= 4 is 23.1 Å². The minimum atomic E-state index is -0.225. The Labute approximate surface area is 127 Å². The van der Waals surface area contributed by atoms with Crippen LogP contribution in [0.2, 0.25) is 0 Å². The second-order valence-corrected chi connectivity index (χ2v) is 4.89. The number of ether oxygens (including phenoxy) is 1. The van der Waals surface area contributed by atoms with Gasteiger partial charge in [0.2, 0.25) is 0 Å². The number of thiocarbonyl (C=S) groups is 1. The van der Waals surface area contributed by atoms with E-state index in [1.54, 1.807) is 29.1 Å². The van der Waals surface area contributed by atoms with Crippen LogP contribution in [-0.4, -0.2) is 27.3 Å². The monoisotopic (exact) mass is 304 g/mol. The highest BCUT2D eigenvalue weighted by Crippen LogP contribution is 2.17. The Bertz CT molecular complexity index is 654. The first kappa shape index (κ1) is 15.0. The highest BCUT2D eigenvalue weighted by molar-refractivity contribution is 7.80. The molecule has 110 valence electrons. The zero-order chi connectivity index (χ0) is 15.2. The van der Waals surface area contributed by atoms with Crippen molar-refractivity contribution in [3.63, 3.8) is 0 Å². The zero-order valence-corrected chi connectivity index (χ0v) is 12.4. The van der Waals surface area contributed by atoms with E-state index in [1.807, 2.05) is 19.3 Å². The van der Waals surface area contributed by atoms with Crippen molar-refractivity contribution in [3.05, 3.63) is 47.8 Å². The van der Waals surface area contributed by atoms with Gasteiger partial charge in [-0.25, -0.2) is 0 Å². The number of rotatable bonds is 6. The molecule has 3 N–H and O–H groups in total. The molecule has 0 aliphatic carbocycles. The van der Waals surface area contributed by atoms with E-state index in [2.05, 4.69) is 10.4 Å². The summed E-state index contributed by atoms with van der Waals surface area (Å²) >= 11 is 4.93. The molecule has 7 heteroatoms. The number of hydrogen-bond acceptors (Lipinski definition) is 4. The van der Waals surface area contributed by atoms with Crippen molar-refractivity contribution < 1.29 is 9.53 Å². The van der Waals surface area contributed by atoms with Crippen LogP contribution in [0.1, 0.15) is 11.1 Å². The van der Waals surface area contributed by atoms with Gasteiger partial charge in [0.25, 0.3) is 5.91 Å². The van der Waals surface area contributed by atoms with E-state index in [1.165, 1.54) is 0 Å². The fourth-order valence-corrected chi connectivity index (χ4v) is 1.92. The van der Waals surface area contributed by atoms with Gasteiger partial charge >= 0.3 is 0 Å².